The fraction of sp³-hybridized carbons (Fsp3) is 0.0690. The lowest BCUT2D eigenvalue weighted by molar-refractivity contribution is -0.144. The SMILES string of the molecule is C=CC(=O)COC(=O)c1ccc(C#Cc2c(F)cc(-c3ccc(OCOC(=O)C=C)cc3)cc2F)cc1. The van der Waals surface area contributed by atoms with Crippen LogP contribution >= 0.6 is 0 Å². The number of benzene rings is 3. The number of carbonyl (C=O) groups is 3. The average molecular weight is 502 g/mol. The first-order valence-electron chi connectivity index (χ1n) is 10.8. The number of halogens is 2. The third-order valence-corrected chi connectivity index (χ3v) is 4.85. The van der Waals surface area contributed by atoms with Gasteiger partial charge in [-0.3, -0.25) is 4.79 Å². The molecule has 3 aromatic carbocycles. The molecule has 0 bridgehead atoms. The van der Waals surface area contributed by atoms with Crippen molar-refractivity contribution in [1.82, 2.24) is 0 Å². The van der Waals surface area contributed by atoms with E-state index in [1.807, 2.05) is 0 Å². The van der Waals surface area contributed by atoms with E-state index >= 15 is 0 Å². The highest BCUT2D eigenvalue weighted by Crippen LogP contribution is 2.26. The summed E-state index contributed by atoms with van der Waals surface area (Å²) in [6.07, 6.45) is 2.06. The summed E-state index contributed by atoms with van der Waals surface area (Å²) in [6.45, 7) is 5.85. The predicted octanol–water partition coefficient (Wildman–Crippen LogP) is 5.01. The first-order chi connectivity index (χ1) is 17.8. The summed E-state index contributed by atoms with van der Waals surface area (Å²) in [4.78, 5) is 34.1. The minimum atomic E-state index is -0.841. The fourth-order valence-electron chi connectivity index (χ4n) is 2.92. The molecule has 0 N–H and O–H groups in total. The van der Waals surface area contributed by atoms with Crippen molar-refractivity contribution in [3.05, 3.63) is 114 Å². The molecule has 0 aliphatic rings. The van der Waals surface area contributed by atoms with Gasteiger partial charge in [0.1, 0.15) is 17.4 Å². The highest BCUT2D eigenvalue weighted by atomic mass is 19.1. The Kier molecular flexibility index (Phi) is 9.06. The Bertz CT molecular complexity index is 1370. The molecule has 0 saturated carbocycles. The van der Waals surface area contributed by atoms with Crippen LogP contribution < -0.4 is 4.74 Å². The molecule has 0 aromatic heterocycles. The molecule has 186 valence electrons. The first-order valence-corrected chi connectivity index (χ1v) is 10.8. The molecule has 0 aliphatic carbocycles. The maximum Gasteiger partial charge on any atom is 0.338 e. The van der Waals surface area contributed by atoms with Crippen molar-refractivity contribution in [2.75, 3.05) is 13.4 Å². The normalized spacial score (nSPS) is 9.89. The van der Waals surface area contributed by atoms with Gasteiger partial charge >= 0.3 is 11.9 Å². The van der Waals surface area contributed by atoms with E-state index < -0.39 is 41.5 Å². The van der Waals surface area contributed by atoms with Gasteiger partial charge in [0, 0.05) is 11.6 Å². The zero-order valence-electron chi connectivity index (χ0n) is 19.5. The van der Waals surface area contributed by atoms with Crippen molar-refractivity contribution < 1.29 is 37.4 Å². The van der Waals surface area contributed by atoms with E-state index in [1.165, 1.54) is 36.4 Å². The molecule has 0 heterocycles. The van der Waals surface area contributed by atoms with Crippen LogP contribution in [0.3, 0.4) is 0 Å². The molecular weight excluding hydrogens is 482 g/mol. The Balaban J connectivity index is 1.69. The van der Waals surface area contributed by atoms with Crippen LogP contribution in [0.2, 0.25) is 0 Å². The van der Waals surface area contributed by atoms with Gasteiger partial charge in [-0.1, -0.05) is 37.1 Å². The lowest BCUT2D eigenvalue weighted by Gasteiger charge is -2.08. The van der Waals surface area contributed by atoms with Gasteiger partial charge in [-0.15, -0.1) is 0 Å². The van der Waals surface area contributed by atoms with E-state index in [9.17, 15) is 23.2 Å². The monoisotopic (exact) mass is 502 g/mol. The van der Waals surface area contributed by atoms with Gasteiger partial charge in [0.25, 0.3) is 0 Å². The second kappa shape index (κ2) is 12.6. The van der Waals surface area contributed by atoms with E-state index in [-0.39, 0.29) is 12.4 Å². The highest BCUT2D eigenvalue weighted by molar-refractivity contribution is 5.94. The van der Waals surface area contributed by atoms with E-state index in [0.717, 1.165) is 12.2 Å². The summed E-state index contributed by atoms with van der Waals surface area (Å²) in [7, 11) is 0. The van der Waals surface area contributed by atoms with E-state index in [4.69, 9.17) is 14.2 Å². The Morgan fingerprint density at radius 1 is 0.811 bits per heavy atom. The molecule has 3 aromatic rings. The quantitative estimate of drug-likeness (QED) is 0.177. The number of esters is 2. The summed E-state index contributed by atoms with van der Waals surface area (Å²) in [5, 5.41) is 0. The van der Waals surface area contributed by atoms with Crippen molar-refractivity contribution in [2.24, 2.45) is 0 Å². The minimum absolute atomic E-state index is 0.193. The van der Waals surface area contributed by atoms with Gasteiger partial charge in [-0.25, -0.2) is 18.4 Å². The fourth-order valence-corrected chi connectivity index (χ4v) is 2.92. The Hall–Kier alpha value is -5.03. The summed E-state index contributed by atoms with van der Waals surface area (Å²) < 4.78 is 44.2. The molecule has 0 saturated heterocycles. The number of carbonyl (C=O) groups excluding carboxylic acids is 3. The Morgan fingerprint density at radius 3 is 2.05 bits per heavy atom. The lowest BCUT2D eigenvalue weighted by atomic mass is 10.0. The zero-order valence-corrected chi connectivity index (χ0v) is 19.5. The van der Waals surface area contributed by atoms with Crippen LogP contribution in [0, 0.1) is 23.5 Å². The maximum atomic E-state index is 14.7. The van der Waals surface area contributed by atoms with E-state index in [1.54, 1.807) is 24.3 Å². The zero-order chi connectivity index (χ0) is 26.8. The number of ether oxygens (including phenoxy) is 3. The van der Waals surface area contributed by atoms with Gasteiger partial charge in [-0.2, -0.15) is 0 Å². The van der Waals surface area contributed by atoms with Gasteiger partial charge in [-0.05, 0) is 65.7 Å². The molecule has 0 unspecified atom stereocenters. The van der Waals surface area contributed by atoms with Crippen molar-refractivity contribution >= 4 is 17.7 Å². The molecule has 6 nitrogen and oxygen atoms in total. The average Bonchev–Trinajstić information content (AvgIpc) is 2.91. The van der Waals surface area contributed by atoms with Crippen molar-refractivity contribution in [2.45, 2.75) is 0 Å². The number of hydrogen-bond donors (Lipinski definition) is 0. The molecule has 0 radical (unpaired) electrons. The molecule has 3 rings (SSSR count). The molecule has 37 heavy (non-hydrogen) atoms. The molecule has 0 fully saturated rings. The van der Waals surface area contributed by atoms with Gasteiger partial charge < -0.3 is 14.2 Å². The minimum Gasteiger partial charge on any atom is -0.457 e. The second-order valence-electron chi connectivity index (χ2n) is 7.34. The smallest absolute Gasteiger partial charge is 0.338 e. The summed E-state index contributed by atoms with van der Waals surface area (Å²) in [5.74, 6) is 2.10. The van der Waals surface area contributed by atoms with Crippen LogP contribution in [0.15, 0.2) is 86.0 Å². The largest absolute Gasteiger partial charge is 0.457 e. The number of rotatable bonds is 9. The first kappa shape index (κ1) is 26.6. The van der Waals surface area contributed by atoms with Crippen LogP contribution in [0.5, 0.6) is 5.75 Å². The summed E-state index contributed by atoms with van der Waals surface area (Å²) in [6, 6.07) is 14.5. The van der Waals surface area contributed by atoms with Gasteiger partial charge in [0.2, 0.25) is 6.79 Å². The molecule has 0 atom stereocenters. The topological polar surface area (TPSA) is 78.9 Å². The standard InChI is InChI=1S/C29H20F2O6/c1-3-23(32)17-35-29(34)21-8-5-19(6-9-21)7-14-25-26(30)15-22(16-27(25)31)20-10-12-24(13-11-20)36-18-37-28(33)4-2/h3-6,8-13,15-16H,1-2,17-18H2. The van der Waals surface area contributed by atoms with Gasteiger partial charge in [0.15, 0.2) is 12.4 Å². The molecule has 0 aliphatic heterocycles. The van der Waals surface area contributed by atoms with Crippen LogP contribution in [0.1, 0.15) is 21.5 Å². The molecule has 8 heteroatoms. The Morgan fingerprint density at radius 2 is 1.46 bits per heavy atom. The Labute approximate surface area is 211 Å². The molecular formula is C29H20F2O6. The van der Waals surface area contributed by atoms with Crippen LogP contribution in [0.25, 0.3) is 11.1 Å². The number of hydrogen-bond acceptors (Lipinski definition) is 6. The van der Waals surface area contributed by atoms with Crippen LogP contribution in [-0.4, -0.2) is 31.1 Å². The summed E-state index contributed by atoms with van der Waals surface area (Å²) >= 11 is 0. The van der Waals surface area contributed by atoms with Crippen LogP contribution in [0.4, 0.5) is 8.78 Å². The maximum absolute atomic E-state index is 14.7. The molecule has 0 spiro atoms. The summed E-state index contributed by atoms with van der Waals surface area (Å²) in [5.41, 5.74) is 1.03. The van der Waals surface area contributed by atoms with Crippen molar-refractivity contribution in [3.63, 3.8) is 0 Å². The van der Waals surface area contributed by atoms with Gasteiger partial charge in [0.05, 0.1) is 11.1 Å². The highest BCUT2D eigenvalue weighted by Gasteiger charge is 2.12. The number of ketones is 1. The lowest BCUT2D eigenvalue weighted by Crippen LogP contribution is -2.11. The second-order valence-corrected chi connectivity index (χ2v) is 7.34. The van der Waals surface area contributed by atoms with Crippen LogP contribution in [-0.2, 0) is 19.1 Å². The van der Waals surface area contributed by atoms with E-state index in [0.29, 0.717) is 22.4 Å². The predicted molar refractivity (Wildman–Crippen MR) is 131 cm³/mol. The third-order valence-electron chi connectivity index (χ3n) is 4.85. The molecule has 0 amide bonds. The van der Waals surface area contributed by atoms with Crippen molar-refractivity contribution in [3.8, 4) is 28.7 Å². The van der Waals surface area contributed by atoms with Crippen molar-refractivity contribution in [1.29, 1.82) is 0 Å². The third kappa shape index (κ3) is 7.47. The van der Waals surface area contributed by atoms with E-state index in [2.05, 4.69) is 25.0 Å².